The number of nitrogens with zero attached hydrogens (tertiary/aromatic N) is 2. The third-order valence-electron chi connectivity index (χ3n) is 6.15. The molecular formula is C31H39N3O5S. The highest BCUT2D eigenvalue weighted by atomic mass is 32.2. The van der Waals surface area contributed by atoms with Crippen molar-refractivity contribution >= 4 is 27.5 Å². The average molecular weight is 566 g/mol. The number of rotatable bonds is 11. The molecule has 3 aromatic carbocycles. The minimum Gasteiger partial charge on any atom is -0.494 e. The van der Waals surface area contributed by atoms with Crippen molar-refractivity contribution < 1.29 is 22.7 Å². The van der Waals surface area contributed by atoms with Crippen molar-refractivity contribution in [3.8, 4) is 5.75 Å². The Labute approximate surface area is 238 Å². The van der Waals surface area contributed by atoms with E-state index in [9.17, 15) is 18.0 Å². The van der Waals surface area contributed by atoms with Crippen molar-refractivity contribution in [2.45, 2.75) is 64.6 Å². The Kier molecular flexibility index (Phi) is 9.98. The van der Waals surface area contributed by atoms with Crippen LogP contribution in [0.25, 0.3) is 0 Å². The summed E-state index contributed by atoms with van der Waals surface area (Å²) in [4.78, 5) is 28.6. The van der Waals surface area contributed by atoms with Gasteiger partial charge in [0.25, 0.3) is 10.0 Å². The van der Waals surface area contributed by atoms with E-state index in [1.54, 1.807) is 49.4 Å². The molecule has 2 amide bonds. The normalized spacial score (nSPS) is 12.3. The number of anilines is 1. The minimum absolute atomic E-state index is 0.0244. The predicted molar refractivity (Wildman–Crippen MR) is 158 cm³/mol. The Hall–Kier alpha value is -3.85. The van der Waals surface area contributed by atoms with Crippen molar-refractivity contribution in [3.63, 3.8) is 0 Å². The van der Waals surface area contributed by atoms with Crippen molar-refractivity contribution in [2.75, 3.05) is 17.5 Å². The number of hydrogen-bond donors (Lipinski definition) is 1. The SMILES string of the molecule is CCOc1ccc(S(=O)(=O)N(CC(=O)N(Cc2cccc(C)c2)[C@H](C)C(=O)NC(C)(C)C)c2ccccc2)cc1. The Morgan fingerprint density at radius 2 is 1.60 bits per heavy atom. The number of nitrogens with one attached hydrogen (secondary N) is 1. The molecule has 0 aliphatic rings. The van der Waals surface area contributed by atoms with E-state index >= 15 is 0 Å². The molecule has 0 aliphatic heterocycles. The van der Waals surface area contributed by atoms with E-state index in [1.165, 1.54) is 17.0 Å². The zero-order valence-electron chi connectivity index (χ0n) is 24.0. The second-order valence-corrected chi connectivity index (χ2v) is 12.5. The van der Waals surface area contributed by atoms with Gasteiger partial charge in [0.1, 0.15) is 18.3 Å². The van der Waals surface area contributed by atoms with Crippen molar-refractivity contribution in [1.29, 1.82) is 0 Å². The number of carbonyl (C=O) groups excluding carboxylic acids is 2. The van der Waals surface area contributed by atoms with Gasteiger partial charge in [0.05, 0.1) is 17.2 Å². The van der Waals surface area contributed by atoms with Crippen LogP contribution in [0.3, 0.4) is 0 Å². The molecule has 1 N–H and O–H groups in total. The maximum Gasteiger partial charge on any atom is 0.264 e. The number of hydrogen-bond acceptors (Lipinski definition) is 5. The molecule has 9 heteroatoms. The maximum absolute atomic E-state index is 14.0. The number of para-hydroxylation sites is 1. The van der Waals surface area contributed by atoms with Crippen LogP contribution in [-0.2, 0) is 26.2 Å². The quantitative estimate of drug-likeness (QED) is 0.356. The van der Waals surface area contributed by atoms with Crippen LogP contribution < -0.4 is 14.4 Å². The molecule has 0 heterocycles. The summed E-state index contributed by atoms with van der Waals surface area (Å²) in [6.07, 6.45) is 0. The fraction of sp³-hybridized carbons (Fsp3) is 0.355. The van der Waals surface area contributed by atoms with Gasteiger partial charge in [-0.3, -0.25) is 13.9 Å². The lowest BCUT2D eigenvalue weighted by Gasteiger charge is -2.33. The summed E-state index contributed by atoms with van der Waals surface area (Å²) < 4.78 is 34.3. The third kappa shape index (κ3) is 8.08. The molecule has 1 atom stereocenters. The summed E-state index contributed by atoms with van der Waals surface area (Å²) in [6.45, 7) is 11.2. The van der Waals surface area contributed by atoms with Crippen molar-refractivity contribution in [2.24, 2.45) is 0 Å². The van der Waals surface area contributed by atoms with E-state index in [1.807, 2.05) is 58.9 Å². The van der Waals surface area contributed by atoms with Gasteiger partial charge >= 0.3 is 0 Å². The lowest BCUT2D eigenvalue weighted by molar-refractivity contribution is -0.140. The second kappa shape index (κ2) is 13.0. The maximum atomic E-state index is 14.0. The lowest BCUT2D eigenvalue weighted by Crippen LogP contribution is -2.54. The third-order valence-corrected chi connectivity index (χ3v) is 7.93. The zero-order chi connectivity index (χ0) is 29.5. The second-order valence-electron chi connectivity index (χ2n) is 10.7. The molecule has 0 saturated heterocycles. The first-order valence-corrected chi connectivity index (χ1v) is 14.7. The Morgan fingerprint density at radius 1 is 0.950 bits per heavy atom. The largest absolute Gasteiger partial charge is 0.494 e. The zero-order valence-corrected chi connectivity index (χ0v) is 24.9. The van der Waals surface area contributed by atoms with Crippen molar-refractivity contribution in [1.82, 2.24) is 10.2 Å². The van der Waals surface area contributed by atoms with Crippen LogP contribution in [0.1, 0.15) is 45.7 Å². The first kappa shape index (κ1) is 30.7. The Balaban J connectivity index is 2.00. The Morgan fingerprint density at radius 3 is 2.17 bits per heavy atom. The fourth-order valence-corrected chi connectivity index (χ4v) is 5.60. The number of sulfonamides is 1. The van der Waals surface area contributed by atoms with E-state index in [0.717, 1.165) is 15.4 Å². The molecule has 3 aromatic rings. The standard InChI is InChI=1S/C31H39N3O5S/c1-7-39-27-16-18-28(19-17-27)40(37,38)34(26-14-9-8-10-15-26)22-29(35)33(21-25-13-11-12-23(2)20-25)24(3)30(36)32-31(4,5)6/h8-20,24H,7,21-22H2,1-6H3,(H,32,36)/t24-/m1/s1. The van der Waals surface area contributed by atoms with Crippen LogP contribution in [0.2, 0.25) is 0 Å². The van der Waals surface area contributed by atoms with Crippen LogP contribution in [0, 0.1) is 6.92 Å². The highest BCUT2D eigenvalue weighted by Gasteiger charge is 2.33. The number of benzene rings is 3. The summed E-state index contributed by atoms with van der Waals surface area (Å²) in [6, 6.07) is 21.4. The van der Waals surface area contributed by atoms with Crippen molar-refractivity contribution in [3.05, 3.63) is 90.0 Å². The summed E-state index contributed by atoms with van der Waals surface area (Å²) in [7, 11) is -4.14. The summed E-state index contributed by atoms with van der Waals surface area (Å²) >= 11 is 0. The molecule has 3 rings (SSSR count). The molecular weight excluding hydrogens is 526 g/mol. The number of ether oxygens (including phenoxy) is 1. The first-order chi connectivity index (χ1) is 18.8. The molecule has 0 fully saturated rings. The van der Waals surface area contributed by atoms with Gasteiger partial charge in [0.15, 0.2) is 0 Å². The van der Waals surface area contributed by atoms with Gasteiger partial charge in [-0.2, -0.15) is 0 Å². The summed E-state index contributed by atoms with van der Waals surface area (Å²) in [5, 5.41) is 2.93. The van der Waals surface area contributed by atoms with Gasteiger partial charge in [-0.1, -0.05) is 48.0 Å². The van der Waals surface area contributed by atoms with Gasteiger partial charge < -0.3 is 15.0 Å². The molecule has 40 heavy (non-hydrogen) atoms. The summed E-state index contributed by atoms with van der Waals surface area (Å²) in [5.74, 6) is -0.280. The molecule has 0 spiro atoms. The highest BCUT2D eigenvalue weighted by molar-refractivity contribution is 7.92. The average Bonchev–Trinajstić information content (AvgIpc) is 2.90. The number of amides is 2. The predicted octanol–water partition coefficient (Wildman–Crippen LogP) is 4.92. The molecule has 0 saturated carbocycles. The number of aryl methyl sites for hydroxylation is 1. The van der Waals surface area contributed by atoms with E-state index in [4.69, 9.17) is 4.74 Å². The van der Waals surface area contributed by atoms with Crippen LogP contribution >= 0.6 is 0 Å². The molecule has 214 valence electrons. The smallest absolute Gasteiger partial charge is 0.264 e. The van der Waals surface area contributed by atoms with Crippen LogP contribution in [0.4, 0.5) is 5.69 Å². The molecule has 0 unspecified atom stereocenters. The van der Waals surface area contributed by atoms with Gasteiger partial charge in [0, 0.05) is 12.1 Å². The monoisotopic (exact) mass is 565 g/mol. The van der Waals surface area contributed by atoms with Gasteiger partial charge in [-0.15, -0.1) is 0 Å². The topological polar surface area (TPSA) is 96.0 Å². The molecule has 0 aromatic heterocycles. The minimum atomic E-state index is -4.14. The fourth-order valence-electron chi connectivity index (χ4n) is 4.19. The molecule has 0 bridgehead atoms. The van der Waals surface area contributed by atoms with E-state index in [0.29, 0.717) is 18.0 Å². The molecule has 0 radical (unpaired) electrons. The highest BCUT2D eigenvalue weighted by Crippen LogP contribution is 2.26. The summed E-state index contributed by atoms with van der Waals surface area (Å²) in [5.41, 5.74) is 1.69. The van der Waals surface area contributed by atoms with Crippen LogP contribution in [-0.4, -0.2) is 49.9 Å². The van der Waals surface area contributed by atoms with Gasteiger partial charge in [-0.25, -0.2) is 8.42 Å². The van der Waals surface area contributed by atoms with Crippen LogP contribution in [0.5, 0.6) is 5.75 Å². The van der Waals surface area contributed by atoms with E-state index < -0.39 is 34.1 Å². The first-order valence-electron chi connectivity index (χ1n) is 13.3. The van der Waals surface area contributed by atoms with E-state index in [2.05, 4.69) is 5.32 Å². The lowest BCUT2D eigenvalue weighted by atomic mass is 10.1. The van der Waals surface area contributed by atoms with Gasteiger partial charge in [0.2, 0.25) is 11.8 Å². The van der Waals surface area contributed by atoms with Gasteiger partial charge in [-0.05, 0) is 83.5 Å². The van der Waals surface area contributed by atoms with Crippen LogP contribution in [0.15, 0.2) is 83.8 Å². The van der Waals surface area contributed by atoms with E-state index in [-0.39, 0.29) is 17.3 Å². The Bertz CT molecular complexity index is 1400. The molecule has 8 nitrogen and oxygen atoms in total. The molecule has 0 aliphatic carbocycles. The number of carbonyl (C=O) groups is 2.